The summed E-state index contributed by atoms with van der Waals surface area (Å²) in [7, 11) is 0. The summed E-state index contributed by atoms with van der Waals surface area (Å²) in [5, 5.41) is 2.22. The zero-order chi connectivity index (χ0) is 13.0. The first kappa shape index (κ1) is 12.3. The molecule has 1 heterocycles. The predicted octanol–water partition coefficient (Wildman–Crippen LogP) is 3.12. The molecule has 0 radical (unpaired) electrons. The van der Waals surface area contributed by atoms with Crippen LogP contribution in [0.3, 0.4) is 0 Å². The Morgan fingerprint density at radius 3 is 2.44 bits per heavy atom. The van der Waals surface area contributed by atoms with Gasteiger partial charge in [-0.25, -0.2) is 9.97 Å². The summed E-state index contributed by atoms with van der Waals surface area (Å²) in [4.78, 5) is 7.77. The molecule has 0 aliphatic heterocycles. The molecular weight excluding hydrogens is 243 g/mol. The Morgan fingerprint density at radius 2 is 1.78 bits per heavy atom. The maximum atomic E-state index is 12.1. The summed E-state index contributed by atoms with van der Waals surface area (Å²) in [6, 6.07) is 10.7. The first-order valence-electron chi connectivity index (χ1n) is 5.23. The van der Waals surface area contributed by atoms with Crippen molar-refractivity contribution in [3.8, 4) is 11.3 Å². The highest BCUT2D eigenvalue weighted by molar-refractivity contribution is 5.61. The van der Waals surface area contributed by atoms with Gasteiger partial charge in [0, 0.05) is 11.6 Å². The van der Waals surface area contributed by atoms with E-state index in [0.29, 0.717) is 5.69 Å². The van der Waals surface area contributed by atoms with Crippen LogP contribution in [0.25, 0.3) is 11.3 Å². The van der Waals surface area contributed by atoms with Crippen molar-refractivity contribution in [3.05, 3.63) is 42.7 Å². The van der Waals surface area contributed by atoms with E-state index in [9.17, 15) is 13.2 Å². The Kier molecular flexibility index (Phi) is 3.45. The molecule has 0 bridgehead atoms. The van der Waals surface area contributed by atoms with E-state index in [1.807, 2.05) is 30.3 Å². The van der Waals surface area contributed by atoms with Crippen LogP contribution in [-0.2, 0) is 0 Å². The van der Waals surface area contributed by atoms with Crippen molar-refractivity contribution >= 4 is 5.82 Å². The van der Waals surface area contributed by atoms with Crippen molar-refractivity contribution in [1.82, 2.24) is 9.97 Å². The highest BCUT2D eigenvalue weighted by Crippen LogP contribution is 2.19. The number of nitrogens with zero attached hydrogens (tertiary/aromatic N) is 2. The monoisotopic (exact) mass is 253 g/mol. The first-order valence-corrected chi connectivity index (χ1v) is 5.23. The Balaban J connectivity index is 2.16. The second-order valence-electron chi connectivity index (χ2n) is 3.62. The molecule has 6 heteroatoms. The lowest BCUT2D eigenvalue weighted by molar-refractivity contribution is -0.115. The molecule has 2 aromatic rings. The molecular formula is C12H10F3N3. The molecule has 1 aromatic heterocycles. The lowest BCUT2D eigenvalue weighted by Crippen LogP contribution is -2.21. The van der Waals surface area contributed by atoms with Gasteiger partial charge in [-0.05, 0) is 0 Å². The van der Waals surface area contributed by atoms with E-state index in [0.717, 1.165) is 5.56 Å². The SMILES string of the molecule is FC(F)(F)CNc1cc(-c2ccccc2)ncn1. The third-order valence-electron chi connectivity index (χ3n) is 2.21. The van der Waals surface area contributed by atoms with Crippen molar-refractivity contribution in [3.63, 3.8) is 0 Å². The molecule has 0 fully saturated rings. The predicted molar refractivity (Wildman–Crippen MR) is 62.0 cm³/mol. The number of halogens is 3. The van der Waals surface area contributed by atoms with Gasteiger partial charge in [0.2, 0.25) is 0 Å². The molecule has 0 aliphatic carbocycles. The molecule has 3 nitrogen and oxygen atoms in total. The van der Waals surface area contributed by atoms with Crippen molar-refractivity contribution in [2.45, 2.75) is 6.18 Å². The molecule has 0 aliphatic rings. The average Bonchev–Trinajstić information content (AvgIpc) is 2.37. The minimum atomic E-state index is -4.27. The summed E-state index contributed by atoms with van der Waals surface area (Å²) < 4.78 is 36.2. The minimum absolute atomic E-state index is 0.154. The maximum absolute atomic E-state index is 12.1. The first-order chi connectivity index (χ1) is 8.54. The largest absolute Gasteiger partial charge is 0.405 e. The summed E-state index contributed by atoms with van der Waals surface area (Å²) in [5.41, 5.74) is 1.41. The van der Waals surface area contributed by atoms with E-state index in [4.69, 9.17) is 0 Å². The van der Waals surface area contributed by atoms with Gasteiger partial charge in [0.15, 0.2) is 0 Å². The zero-order valence-corrected chi connectivity index (χ0v) is 9.28. The quantitative estimate of drug-likeness (QED) is 0.913. The highest BCUT2D eigenvalue weighted by atomic mass is 19.4. The molecule has 0 atom stereocenters. The minimum Gasteiger partial charge on any atom is -0.361 e. The molecule has 94 valence electrons. The molecule has 0 amide bonds. The third kappa shape index (κ3) is 3.44. The topological polar surface area (TPSA) is 37.8 Å². The van der Waals surface area contributed by atoms with Crippen LogP contribution < -0.4 is 5.32 Å². The smallest absolute Gasteiger partial charge is 0.361 e. The van der Waals surface area contributed by atoms with Crippen molar-refractivity contribution in [1.29, 1.82) is 0 Å². The zero-order valence-electron chi connectivity index (χ0n) is 9.28. The molecule has 2 rings (SSSR count). The van der Waals surface area contributed by atoms with Crippen molar-refractivity contribution < 1.29 is 13.2 Å². The Bertz CT molecular complexity index is 511. The van der Waals surface area contributed by atoms with Crippen LogP contribution in [0.2, 0.25) is 0 Å². The number of hydrogen-bond acceptors (Lipinski definition) is 3. The van der Waals surface area contributed by atoms with Gasteiger partial charge in [-0.1, -0.05) is 30.3 Å². The number of anilines is 1. The number of alkyl halides is 3. The fraction of sp³-hybridized carbons (Fsp3) is 0.167. The fourth-order valence-electron chi connectivity index (χ4n) is 1.41. The number of aromatic nitrogens is 2. The number of hydrogen-bond donors (Lipinski definition) is 1. The van der Waals surface area contributed by atoms with Gasteiger partial charge in [-0.3, -0.25) is 0 Å². The third-order valence-corrected chi connectivity index (χ3v) is 2.21. The van der Waals surface area contributed by atoms with Crippen LogP contribution >= 0.6 is 0 Å². The summed E-state index contributed by atoms with van der Waals surface area (Å²) in [5.74, 6) is 0.154. The standard InChI is InChI=1S/C12H10F3N3/c13-12(14,15)7-16-11-6-10(17-8-18-11)9-4-2-1-3-5-9/h1-6,8H,7H2,(H,16,17,18). The number of rotatable bonds is 3. The molecule has 0 unspecified atom stereocenters. The van der Waals surface area contributed by atoms with E-state index >= 15 is 0 Å². The van der Waals surface area contributed by atoms with E-state index < -0.39 is 12.7 Å². The van der Waals surface area contributed by atoms with E-state index in [2.05, 4.69) is 15.3 Å². The van der Waals surface area contributed by atoms with Crippen molar-refractivity contribution in [2.75, 3.05) is 11.9 Å². The highest BCUT2D eigenvalue weighted by Gasteiger charge is 2.26. The second-order valence-corrected chi connectivity index (χ2v) is 3.62. The van der Waals surface area contributed by atoms with Gasteiger partial charge in [-0.2, -0.15) is 13.2 Å². The van der Waals surface area contributed by atoms with Gasteiger partial charge >= 0.3 is 6.18 Å². The van der Waals surface area contributed by atoms with Gasteiger partial charge in [0.25, 0.3) is 0 Å². The summed E-state index contributed by atoms with van der Waals surface area (Å²) >= 11 is 0. The molecule has 1 N–H and O–H groups in total. The van der Waals surface area contributed by atoms with Gasteiger partial charge in [0.1, 0.15) is 18.7 Å². The second kappa shape index (κ2) is 5.03. The van der Waals surface area contributed by atoms with E-state index in [-0.39, 0.29) is 5.82 Å². The Labute approximate surface area is 102 Å². The molecule has 18 heavy (non-hydrogen) atoms. The van der Waals surface area contributed by atoms with E-state index in [1.165, 1.54) is 12.4 Å². The molecule has 1 aromatic carbocycles. The maximum Gasteiger partial charge on any atom is 0.405 e. The average molecular weight is 253 g/mol. The fourth-order valence-corrected chi connectivity index (χ4v) is 1.41. The van der Waals surface area contributed by atoms with Crippen LogP contribution in [0, 0.1) is 0 Å². The number of benzene rings is 1. The van der Waals surface area contributed by atoms with Crippen LogP contribution in [0.1, 0.15) is 0 Å². The van der Waals surface area contributed by atoms with Crippen molar-refractivity contribution in [2.24, 2.45) is 0 Å². The summed E-state index contributed by atoms with van der Waals surface area (Å²) in [6.45, 7) is -1.11. The number of nitrogens with one attached hydrogen (secondary N) is 1. The van der Waals surface area contributed by atoms with E-state index in [1.54, 1.807) is 0 Å². The molecule has 0 spiro atoms. The van der Waals surface area contributed by atoms with Gasteiger partial charge < -0.3 is 5.32 Å². The van der Waals surface area contributed by atoms with Crippen LogP contribution in [0.15, 0.2) is 42.7 Å². The lowest BCUT2D eigenvalue weighted by Gasteiger charge is -2.09. The Morgan fingerprint density at radius 1 is 1.06 bits per heavy atom. The van der Waals surface area contributed by atoms with Crippen LogP contribution in [-0.4, -0.2) is 22.7 Å². The summed E-state index contributed by atoms with van der Waals surface area (Å²) in [6.07, 6.45) is -3.03. The Hall–Kier alpha value is -2.11. The lowest BCUT2D eigenvalue weighted by atomic mass is 10.1. The normalized spacial score (nSPS) is 11.3. The van der Waals surface area contributed by atoms with Gasteiger partial charge in [0.05, 0.1) is 5.69 Å². The molecule has 0 saturated heterocycles. The van der Waals surface area contributed by atoms with Crippen LogP contribution in [0.4, 0.5) is 19.0 Å². The molecule has 0 saturated carbocycles. The van der Waals surface area contributed by atoms with Crippen LogP contribution in [0.5, 0.6) is 0 Å². The van der Waals surface area contributed by atoms with Gasteiger partial charge in [-0.15, -0.1) is 0 Å².